The second kappa shape index (κ2) is 10.6. The summed E-state index contributed by atoms with van der Waals surface area (Å²) in [6.07, 6.45) is 12.5. The van der Waals surface area contributed by atoms with E-state index in [0.29, 0.717) is 11.8 Å². The molecule has 3 aliphatic carbocycles. The lowest BCUT2D eigenvalue weighted by molar-refractivity contribution is -0.176. The fraction of sp³-hybridized carbons (Fsp3) is 0.517. The first-order valence-electron chi connectivity index (χ1n) is 12.5. The van der Waals surface area contributed by atoms with Gasteiger partial charge >= 0.3 is 5.97 Å². The van der Waals surface area contributed by atoms with Crippen LogP contribution in [0.5, 0.6) is 0 Å². The molecule has 3 aliphatic rings. The normalized spacial score (nSPS) is 24.2. The maximum Gasteiger partial charge on any atom is 0.308 e. The Morgan fingerprint density at radius 2 is 1.97 bits per heavy atom. The average molecular weight is 447 g/mol. The number of carbonyl (C=O) groups is 1. The third-order valence-corrected chi connectivity index (χ3v) is 7.44. The van der Waals surface area contributed by atoms with Gasteiger partial charge in [0.25, 0.3) is 0 Å². The van der Waals surface area contributed by atoms with E-state index in [4.69, 9.17) is 4.74 Å². The second-order valence-corrected chi connectivity index (χ2v) is 10.2. The zero-order valence-corrected chi connectivity index (χ0v) is 20.4. The molecule has 2 aromatic rings. The molecule has 2 bridgehead atoms. The van der Waals surface area contributed by atoms with E-state index in [1.165, 1.54) is 23.1 Å². The van der Waals surface area contributed by atoms with Crippen LogP contribution in [0.1, 0.15) is 57.1 Å². The van der Waals surface area contributed by atoms with Gasteiger partial charge in [-0.2, -0.15) is 0 Å². The van der Waals surface area contributed by atoms with Crippen LogP contribution in [0.25, 0.3) is 5.57 Å². The highest BCUT2D eigenvalue weighted by Crippen LogP contribution is 2.53. The fourth-order valence-electron chi connectivity index (χ4n) is 5.50. The Kier molecular flexibility index (Phi) is 7.64. The van der Waals surface area contributed by atoms with Crippen LogP contribution in [-0.2, 0) is 16.0 Å². The highest BCUT2D eigenvalue weighted by atomic mass is 16.6. The van der Waals surface area contributed by atoms with Gasteiger partial charge in [0, 0.05) is 31.3 Å². The van der Waals surface area contributed by atoms with Gasteiger partial charge < -0.3 is 9.64 Å². The van der Waals surface area contributed by atoms with E-state index in [1.807, 2.05) is 32.3 Å². The van der Waals surface area contributed by atoms with E-state index in [9.17, 15) is 4.79 Å². The molecule has 0 saturated heterocycles. The van der Waals surface area contributed by atoms with Gasteiger partial charge in [-0.25, -0.2) is 0 Å². The lowest BCUT2D eigenvalue weighted by Gasteiger charge is -2.50. The van der Waals surface area contributed by atoms with E-state index in [2.05, 4.69) is 59.4 Å². The minimum absolute atomic E-state index is 0.0589. The van der Waals surface area contributed by atoms with Gasteiger partial charge in [0.2, 0.25) is 0 Å². The maximum absolute atomic E-state index is 12.8. The predicted molar refractivity (Wildman–Crippen MR) is 134 cm³/mol. The van der Waals surface area contributed by atoms with Crippen LogP contribution in [0.15, 0.2) is 60.9 Å². The smallest absolute Gasteiger partial charge is 0.308 e. The van der Waals surface area contributed by atoms with Crippen molar-refractivity contribution in [1.82, 2.24) is 9.88 Å². The Morgan fingerprint density at radius 3 is 2.64 bits per heavy atom. The molecule has 1 aromatic carbocycles. The summed E-state index contributed by atoms with van der Waals surface area (Å²) in [6.45, 7) is 5.85. The number of esters is 1. The van der Waals surface area contributed by atoms with E-state index >= 15 is 0 Å². The van der Waals surface area contributed by atoms with E-state index < -0.39 is 0 Å². The molecule has 0 unspecified atom stereocenters. The molecule has 1 aromatic heterocycles. The molecule has 5 rings (SSSR count). The Morgan fingerprint density at radius 1 is 1.15 bits per heavy atom. The summed E-state index contributed by atoms with van der Waals surface area (Å²) in [6, 6.07) is 14.9. The quantitative estimate of drug-likeness (QED) is 0.433. The average Bonchev–Trinajstić information content (AvgIpc) is 2.84. The van der Waals surface area contributed by atoms with Crippen LogP contribution in [0.4, 0.5) is 0 Å². The third-order valence-electron chi connectivity index (χ3n) is 7.44. The van der Waals surface area contributed by atoms with E-state index in [1.54, 1.807) is 0 Å². The SMILES string of the molecule is CC(C)C(=O)O[C@@]1(CCN(C)CCCc2cccnc2)C[C@H]2CC[C@@H]1C=C2c1ccccc1. The van der Waals surface area contributed by atoms with Gasteiger partial charge in [-0.15, -0.1) is 0 Å². The number of aromatic nitrogens is 1. The largest absolute Gasteiger partial charge is 0.458 e. The molecule has 3 atom stereocenters. The molecule has 4 heteroatoms. The van der Waals surface area contributed by atoms with Crippen molar-refractivity contribution in [2.24, 2.45) is 17.8 Å². The molecule has 0 spiro atoms. The molecule has 1 fully saturated rings. The predicted octanol–water partition coefficient (Wildman–Crippen LogP) is 5.79. The number of rotatable bonds is 10. The first kappa shape index (κ1) is 23.7. The number of aryl methyl sites for hydroxylation is 1. The van der Waals surface area contributed by atoms with Crippen LogP contribution in [0.2, 0.25) is 0 Å². The molecule has 0 radical (unpaired) electrons. The van der Waals surface area contributed by atoms with Gasteiger partial charge in [-0.3, -0.25) is 9.78 Å². The van der Waals surface area contributed by atoms with Gasteiger partial charge in [-0.1, -0.05) is 56.3 Å². The molecular formula is C29H38N2O2. The van der Waals surface area contributed by atoms with Crippen molar-refractivity contribution < 1.29 is 9.53 Å². The monoisotopic (exact) mass is 446 g/mol. The van der Waals surface area contributed by atoms with Crippen LogP contribution >= 0.6 is 0 Å². The molecule has 0 aliphatic heterocycles. The van der Waals surface area contributed by atoms with Crippen molar-refractivity contribution >= 4 is 11.5 Å². The molecule has 176 valence electrons. The minimum Gasteiger partial charge on any atom is -0.458 e. The molecule has 0 N–H and O–H groups in total. The zero-order valence-electron chi connectivity index (χ0n) is 20.4. The topological polar surface area (TPSA) is 42.4 Å². The fourth-order valence-corrected chi connectivity index (χ4v) is 5.50. The summed E-state index contributed by atoms with van der Waals surface area (Å²) in [5.41, 5.74) is 3.69. The van der Waals surface area contributed by atoms with Crippen molar-refractivity contribution in [1.29, 1.82) is 0 Å². The molecule has 4 nitrogen and oxygen atoms in total. The van der Waals surface area contributed by atoms with E-state index in [0.717, 1.165) is 45.2 Å². The third kappa shape index (κ3) is 5.73. The Balaban J connectivity index is 1.43. The number of benzene rings is 1. The van der Waals surface area contributed by atoms with Crippen LogP contribution in [-0.4, -0.2) is 41.6 Å². The summed E-state index contributed by atoms with van der Waals surface area (Å²) in [5, 5.41) is 0. The molecule has 33 heavy (non-hydrogen) atoms. The highest BCUT2D eigenvalue weighted by Gasteiger charge is 2.50. The number of allylic oxidation sites excluding steroid dienone is 1. The summed E-state index contributed by atoms with van der Waals surface area (Å²) in [4.78, 5) is 19.4. The van der Waals surface area contributed by atoms with Crippen LogP contribution in [0, 0.1) is 17.8 Å². The number of hydrogen-bond donors (Lipinski definition) is 0. The lowest BCUT2D eigenvalue weighted by Crippen LogP contribution is -2.51. The Bertz CT molecular complexity index is 941. The van der Waals surface area contributed by atoms with Crippen molar-refractivity contribution in [3.8, 4) is 0 Å². The zero-order chi connectivity index (χ0) is 23.3. The second-order valence-electron chi connectivity index (χ2n) is 10.2. The van der Waals surface area contributed by atoms with E-state index in [-0.39, 0.29) is 17.5 Å². The first-order valence-corrected chi connectivity index (χ1v) is 12.5. The summed E-state index contributed by atoms with van der Waals surface area (Å²) in [7, 11) is 2.19. The van der Waals surface area contributed by atoms with Crippen molar-refractivity contribution in [2.45, 2.75) is 58.0 Å². The summed E-state index contributed by atoms with van der Waals surface area (Å²) in [5.74, 6) is 0.603. The van der Waals surface area contributed by atoms with Crippen LogP contribution < -0.4 is 0 Å². The molecular weight excluding hydrogens is 408 g/mol. The number of nitrogens with zero attached hydrogens (tertiary/aromatic N) is 2. The number of ether oxygens (including phenoxy) is 1. The first-order chi connectivity index (χ1) is 16.0. The maximum atomic E-state index is 12.8. The van der Waals surface area contributed by atoms with Gasteiger partial charge in [0.1, 0.15) is 5.60 Å². The van der Waals surface area contributed by atoms with Gasteiger partial charge in [0.05, 0.1) is 5.92 Å². The molecule has 1 saturated carbocycles. The van der Waals surface area contributed by atoms with Crippen molar-refractivity contribution in [3.05, 3.63) is 72.1 Å². The Hall–Kier alpha value is -2.46. The lowest BCUT2D eigenvalue weighted by atomic mass is 9.60. The van der Waals surface area contributed by atoms with Crippen molar-refractivity contribution in [2.75, 3.05) is 20.1 Å². The van der Waals surface area contributed by atoms with Crippen LogP contribution in [0.3, 0.4) is 0 Å². The molecule has 0 amide bonds. The summed E-state index contributed by atoms with van der Waals surface area (Å²) < 4.78 is 6.36. The minimum atomic E-state index is -0.375. The Labute approximate surface area is 199 Å². The number of carbonyl (C=O) groups excluding carboxylic acids is 1. The number of fused-ring (bicyclic) bond motifs is 2. The number of pyridine rings is 1. The standard InChI is InChI=1S/C29H38N2O2/c1-22(2)28(32)33-29(15-18-31(3)17-8-10-23-9-7-16-30-21-23)20-25-13-14-26(29)19-27(25)24-11-5-4-6-12-24/h4-7,9,11-12,16,19,21-22,25-26H,8,10,13-15,17-18,20H2,1-3H3/t25-,26-,29+/m1/s1. The number of hydrogen-bond acceptors (Lipinski definition) is 4. The summed E-state index contributed by atoms with van der Waals surface area (Å²) >= 11 is 0. The van der Waals surface area contributed by atoms with Gasteiger partial charge in [-0.05, 0) is 74.4 Å². The molecule has 1 heterocycles. The van der Waals surface area contributed by atoms with Gasteiger partial charge in [0.15, 0.2) is 0 Å². The highest BCUT2D eigenvalue weighted by molar-refractivity contribution is 5.73. The van der Waals surface area contributed by atoms with Crippen molar-refractivity contribution in [3.63, 3.8) is 0 Å².